The summed E-state index contributed by atoms with van der Waals surface area (Å²) < 4.78 is 5.33. The largest absolute Gasteiger partial charge is 0.481 e. The van der Waals surface area contributed by atoms with Gasteiger partial charge in [0.1, 0.15) is 5.75 Å². The van der Waals surface area contributed by atoms with E-state index in [2.05, 4.69) is 5.32 Å². The van der Waals surface area contributed by atoms with E-state index in [0.29, 0.717) is 29.7 Å². The maximum Gasteiger partial charge on any atom is 0.341 e. The molecule has 0 saturated carbocycles. The lowest BCUT2D eigenvalue weighted by molar-refractivity contribution is -0.139. The molecule has 27 heavy (non-hydrogen) atoms. The van der Waals surface area contributed by atoms with Gasteiger partial charge in [-0.15, -0.1) is 0 Å². The molecule has 0 aliphatic heterocycles. The number of amides is 1. The van der Waals surface area contributed by atoms with Gasteiger partial charge in [0.05, 0.1) is 12.0 Å². The normalized spacial score (nSPS) is 11.4. The van der Waals surface area contributed by atoms with Gasteiger partial charge in [-0.25, -0.2) is 4.79 Å². The van der Waals surface area contributed by atoms with Crippen LogP contribution in [0.1, 0.15) is 46.0 Å². The van der Waals surface area contributed by atoms with Crippen molar-refractivity contribution in [1.29, 1.82) is 0 Å². The van der Waals surface area contributed by atoms with Crippen LogP contribution in [-0.4, -0.2) is 34.3 Å². The van der Waals surface area contributed by atoms with Gasteiger partial charge in [-0.2, -0.15) is 0 Å². The Morgan fingerprint density at radius 2 is 1.67 bits per heavy atom. The van der Waals surface area contributed by atoms with Crippen LogP contribution in [0.3, 0.4) is 0 Å². The van der Waals surface area contributed by atoms with Crippen molar-refractivity contribution in [3.05, 3.63) is 36.4 Å². The highest BCUT2D eigenvalue weighted by Gasteiger charge is 2.28. The summed E-state index contributed by atoms with van der Waals surface area (Å²) in [7, 11) is 0. The zero-order chi connectivity index (χ0) is 19.9. The van der Waals surface area contributed by atoms with Crippen molar-refractivity contribution in [3.63, 3.8) is 0 Å². The average Bonchev–Trinajstić information content (AvgIpc) is 2.61. The van der Waals surface area contributed by atoms with E-state index in [1.807, 2.05) is 38.1 Å². The molecular weight excluding hydrogens is 346 g/mol. The van der Waals surface area contributed by atoms with Crippen molar-refractivity contribution in [3.8, 4) is 5.75 Å². The van der Waals surface area contributed by atoms with E-state index in [-0.39, 0.29) is 12.3 Å². The van der Waals surface area contributed by atoms with Crippen molar-refractivity contribution < 1.29 is 24.5 Å². The second-order valence-electron chi connectivity index (χ2n) is 6.79. The molecule has 0 heterocycles. The number of hydrogen-bond acceptors (Lipinski definition) is 4. The van der Waals surface area contributed by atoms with E-state index in [4.69, 9.17) is 9.84 Å². The van der Waals surface area contributed by atoms with E-state index >= 15 is 0 Å². The Morgan fingerprint density at radius 1 is 1.04 bits per heavy atom. The summed E-state index contributed by atoms with van der Waals surface area (Å²) in [6, 6.07) is 10.6. The molecule has 0 spiro atoms. The van der Waals surface area contributed by atoms with Gasteiger partial charge >= 0.3 is 5.97 Å². The van der Waals surface area contributed by atoms with Crippen molar-refractivity contribution in [2.24, 2.45) is 0 Å². The van der Waals surface area contributed by atoms with Crippen molar-refractivity contribution in [2.75, 3.05) is 11.9 Å². The average molecular weight is 373 g/mol. The Bertz CT molecular complexity index is 796. The van der Waals surface area contributed by atoms with Crippen molar-refractivity contribution in [1.82, 2.24) is 0 Å². The lowest BCUT2D eigenvalue weighted by atomic mass is 9.89. The second-order valence-corrected chi connectivity index (χ2v) is 6.79. The molecule has 6 nitrogen and oxygen atoms in total. The Morgan fingerprint density at radius 3 is 2.26 bits per heavy atom. The highest BCUT2D eigenvalue weighted by Crippen LogP contribution is 2.32. The van der Waals surface area contributed by atoms with Crippen molar-refractivity contribution >= 4 is 28.3 Å². The molecule has 2 rings (SSSR count). The number of benzene rings is 2. The standard InChI is InChI=1S/C21H27NO5/c1-3-11-21(26,12-4-2)13-19(23)22-17-9-10-18(27-14-20(24)25)16-8-6-5-7-15(16)17/h5-10,26H,3-4,11-14H2,1-2H3,(H,22,23)(H,24,25). The molecule has 1 amide bonds. The number of rotatable bonds is 10. The van der Waals surface area contributed by atoms with Crippen LogP contribution >= 0.6 is 0 Å². The molecule has 0 saturated heterocycles. The number of anilines is 1. The summed E-state index contributed by atoms with van der Waals surface area (Å²) in [6.07, 6.45) is 2.82. The zero-order valence-corrected chi connectivity index (χ0v) is 15.8. The number of aliphatic hydroxyl groups is 1. The Kier molecular flexibility index (Phi) is 7.19. The fourth-order valence-electron chi connectivity index (χ4n) is 3.37. The topological polar surface area (TPSA) is 95.9 Å². The Labute approximate surface area is 159 Å². The molecule has 3 N–H and O–H groups in total. The molecule has 2 aromatic rings. The van der Waals surface area contributed by atoms with Crippen LogP contribution in [0.25, 0.3) is 10.8 Å². The van der Waals surface area contributed by atoms with Gasteiger partial charge in [0.2, 0.25) is 5.91 Å². The minimum atomic E-state index is -1.05. The number of carbonyl (C=O) groups is 2. The van der Waals surface area contributed by atoms with Crippen LogP contribution in [0.4, 0.5) is 5.69 Å². The predicted molar refractivity (Wildman–Crippen MR) is 105 cm³/mol. The molecule has 6 heteroatoms. The van der Waals surface area contributed by atoms with Crippen LogP contribution < -0.4 is 10.1 Å². The van der Waals surface area contributed by atoms with Crippen molar-refractivity contribution in [2.45, 2.75) is 51.6 Å². The first kappa shape index (κ1) is 20.7. The summed E-state index contributed by atoms with van der Waals surface area (Å²) in [6.45, 7) is 3.54. The molecule has 0 aromatic heterocycles. The molecule has 0 fully saturated rings. The third kappa shape index (κ3) is 5.69. The van der Waals surface area contributed by atoms with Gasteiger partial charge in [0.25, 0.3) is 0 Å². The quantitative estimate of drug-likeness (QED) is 0.586. The zero-order valence-electron chi connectivity index (χ0n) is 15.8. The van der Waals surface area contributed by atoms with E-state index < -0.39 is 18.2 Å². The first-order valence-electron chi connectivity index (χ1n) is 9.27. The number of carboxylic acid groups (broad SMARTS) is 1. The second kappa shape index (κ2) is 9.37. The summed E-state index contributed by atoms with van der Waals surface area (Å²) in [5, 5.41) is 23.9. The third-order valence-corrected chi connectivity index (χ3v) is 4.43. The SMILES string of the molecule is CCCC(O)(CCC)CC(=O)Nc1ccc(OCC(=O)O)c2ccccc12. The molecule has 146 valence electrons. The van der Waals surface area contributed by atoms with Crippen LogP contribution in [-0.2, 0) is 9.59 Å². The molecule has 0 radical (unpaired) electrons. The number of ether oxygens (including phenoxy) is 1. The number of nitrogens with one attached hydrogen (secondary N) is 1. The fraction of sp³-hybridized carbons (Fsp3) is 0.429. The minimum absolute atomic E-state index is 0.0419. The smallest absolute Gasteiger partial charge is 0.341 e. The summed E-state index contributed by atoms with van der Waals surface area (Å²) in [5.41, 5.74) is -0.387. The van der Waals surface area contributed by atoms with Gasteiger partial charge in [-0.05, 0) is 25.0 Å². The summed E-state index contributed by atoms with van der Waals surface area (Å²) >= 11 is 0. The molecule has 0 bridgehead atoms. The predicted octanol–water partition coefficient (Wildman–Crippen LogP) is 3.96. The Balaban J connectivity index is 2.22. The lowest BCUT2D eigenvalue weighted by Gasteiger charge is -2.27. The van der Waals surface area contributed by atoms with Crippen LogP contribution in [0, 0.1) is 0 Å². The van der Waals surface area contributed by atoms with E-state index in [9.17, 15) is 14.7 Å². The van der Waals surface area contributed by atoms with Gasteiger partial charge in [-0.3, -0.25) is 4.79 Å². The number of carboxylic acids is 1. The third-order valence-electron chi connectivity index (χ3n) is 4.43. The number of fused-ring (bicyclic) bond motifs is 1. The molecular formula is C21H27NO5. The number of carbonyl (C=O) groups excluding carboxylic acids is 1. The van der Waals surface area contributed by atoms with Crippen LogP contribution in [0.15, 0.2) is 36.4 Å². The fourth-order valence-corrected chi connectivity index (χ4v) is 3.37. The monoisotopic (exact) mass is 373 g/mol. The minimum Gasteiger partial charge on any atom is -0.481 e. The van der Waals surface area contributed by atoms with Crippen LogP contribution in [0.2, 0.25) is 0 Å². The highest BCUT2D eigenvalue weighted by molar-refractivity contribution is 6.04. The molecule has 0 atom stereocenters. The maximum atomic E-state index is 12.5. The maximum absolute atomic E-state index is 12.5. The molecule has 0 aliphatic carbocycles. The molecule has 2 aromatic carbocycles. The first-order valence-corrected chi connectivity index (χ1v) is 9.27. The molecule has 0 unspecified atom stereocenters. The summed E-state index contributed by atoms with van der Waals surface area (Å²) in [5.74, 6) is -0.856. The van der Waals surface area contributed by atoms with Gasteiger partial charge in [0, 0.05) is 16.5 Å². The first-order chi connectivity index (χ1) is 12.9. The van der Waals surface area contributed by atoms with E-state index in [1.165, 1.54) is 0 Å². The summed E-state index contributed by atoms with van der Waals surface area (Å²) in [4.78, 5) is 23.3. The number of aliphatic carboxylic acids is 1. The Hall–Kier alpha value is -2.60. The van der Waals surface area contributed by atoms with Gasteiger partial charge in [-0.1, -0.05) is 51.0 Å². The van der Waals surface area contributed by atoms with Gasteiger partial charge in [0.15, 0.2) is 6.61 Å². The van der Waals surface area contributed by atoms with E-state index in [1.54, 1.807) is 12.1 Å². The van der Waals surface area contributed by atoms with Crippen LogP contribution in [0.5, 0.6) is 5.75 Å². The lowest BCUT2D eigenvalue weighted by Crippen LogP contribution is -2.33. The van der Waals surface area contributed by atoms with Gasteiger partial charge < -0.3 is 20.3 Å². The number of hydrogen-bond donors (Lipinski definition) is 3. The molecule has 0 aliphatic rings. The van der Waals surface area contributed by atoms with E-state index in [0.717, 1.165) is 18.2 Å². The highest BCUT2D eigenvalue weighted by atomic mass is 16.5.